The minimum absolute atomic E-state index is 0.632. The summed E-state index contributed by atoms with van der Waals surface area (Å²) < 4.78 is 5.47. The maximum absolute atomic E-state index is 10.9. The molecule has 1 fully saturated rings. The van der Waals surface area contributed by atoms with Crippen molar-refractivity contribution >= 4 is 0 Å². The molecule has 1 atom stereocenters. The molecule has 112 valence electrons. The molecule has 1 aliphatic rings. The van der Waals surface area contributed by atoms with Crippen LogP contribution in [0.15, 0.2) is 12.1 Å². The van der Waals surface area contributed by atoms with Gasteiger partial charge in [0, 0.05) is 38.3 Å². The van der Waals surface area contributed by atoms with E-state index in [0.717, 1.165) is 37.5 Å². The van der Waals surface area contributed by atoms with Crippen molar-refractivity contribution in [3.8, 4) is 5.75 Å². The Balaban J connectivity index is 2.25. The number of aryl methyl sites for hydroxylation is 2. The average molecular weight is 278 g/mol. The summed E-state index contributed by atoms with van der Waals surface area (Å²) in [5.74, 6) is 0.772. The first-order chi connectivity index (χ1) is 9.44. The van der Waals surface area contributed by atoms with Gasteiger partial charge in [-0.1, -0.05) is 0 Å². The topological polar surface area (TPSA) is 44.7 Å². The first-order valence-electron chi connectivity index (χ1n) is 7.25. The third kappa shape index (κ3) is 3.32. The molecule has 1 heterocycles. The number of aliphatic hydroxyl groups is 1. The van der Waals surface area contributed by atoms with E-state index >= 15 is 0 Å². The number of piperazine rings is 1. The normalized spacial score (nSPS) is 19.6. The zero-order chi connectivity index (χ0) is 14.8. The van der Waals surface area contributed by atoms with Crippen LogP contribution < -0.4 is 10.1 Å². The van der Waals surface area contributed by atoms with Crippen molar-refractivity contribution in [3.63, 3.8) is 0 Å². The molecule has 2 N–H and O–H groups in total. The number of ether oxygens (including phenoxy) is 1. The van der Waals surface area contributed by atoms with Gasteiger partial charge in [0.25, 0.3) is 0 Å². The number of rotatable bonds is 4. The summed E-state index contributed by atoms with van der Waals surface area (Å²) in [5, 5.41) is 14.3. The zero-order valence-electron chi connectivity index (χ0n) is 13.0. The molecule has 1 unspecified atom stereocenters. The van der Waals surface area contributed by atoms with Gasteiger partial charge in [0.05, 0.1) is 7.11 Å². The number of hydrogen-bond acceptors (Lipinski definition) is 4. The van der Waals surface area contributed by atoms with Crippen LogP contribution in [0.2, 0.25) is 0 Å². The van der Waals surface area contributed by atoms with Crippen molar-refractivity contribution in [2.24, 2.45) is 0 Å². The minimum Gasteiger partial charge on any atom is -0.496 e. The Hall–Kier alpha value is -1.10. The molecule has 0 spiro atoms. The van der Waals surface area contributed by atoms with E-state index in [1.807, 2.05) is 13.0 Å². The third-order valence-corrected chi connectivity index (χ3v) is 4.14. The Morgan fingerprint density at radius 1 is 1.25 bits per heavy atom. The van der Waals surface area contributed by atoms with Crippen LogP contribution >= 0.6 is 0 Å². The van der Waals surface area contributed by atoms with Crippen molar-refractivity contribution in [2.45, 2.75) is 26.4 Å². The first kappa shape index (κ1) is 15.3. The smallest absolute Gasteiger partial charge is 0.125 e. The molecule has 0 saturated carbocycles. The lowest BCUT2D eigenvalue weighted by Gasteiger charge is -2.35. The van der Waals surface area contributed by atoms with Gasteiger partial charge in [-0.2, -0.15) is 0 Å². The maximum Gasteiger partial charge on any atom is 0.125 e. The second kappa shape index (κ2) is 6.12. The van der Waals surface area contributed by atoms with E-state index in [4.69, 9.17) is 4.74 Å². The van der Waals surface area contributed by atoms with Crippen LogP contribution in [0.3, 0.4) is 0 Å². The van der Waals surface area contributed by atoms with Gasteiger partial charge in [-0.05, 0) is 44.0 Å². The third-order valence-electron chi connectivity index (χ3n) is 4.14. The van der Waals surface area contributed by atoms with Gasteiger partial charge in [-0.3, -0.25) is 4.90 Å². The largest absolute Gasteiger partial charge is 0.496 e. The molecular weight excluding hydrogens is 252 g/mol. The van der Waals surface area contributed by atoms with Gasteiger partial charge in [-0.25, -0.2) is 0 Å². The van der Waals surface area contributed by atoms with Gasteiger partial charge < -0.3 is 15.2 Å². The predicted molar refractivity (Wildman–Crippen MR) is 81.3 cm³/mol. The van der Waals surface area contributed by atoms with Crippen molar-refractivity contribution in [3.05, 3.63) is 28.8 Å². The summed E-state index contributed by atoms with van der Waals surface area (Å²) in [5.41, 5.74) is 2.34. The molecule has 4 heteroatoms. The average Bonchev–Trinajstić information content (AvgIpc) is 2.42. The quantitative estimate of drug-likeness (QED) is 0.874. The number of nitrogens with one attached hydrogen (secondary N) is 1. The molecular formula is C16H26N2O2. The molecule has 1 saturated heterocycles. The summed E-state index contributed by atoms with van der Waals surface area (Å²) in [6.45, 7) is 10.6. The Morgan fingerprint density at radius 3 is 2.45 bits per heavy atom. The van der Waals surface area contributed by atoms with Gasteiger partial charge in [0.1, 0.15) is 11.4 Å². The summed E-state index contributed by atoms with van der Waals surface area (Å²) in [6.07, 6.45) is 0. The van der Waals surface area contributed by atoms with Gasteiger partial charge in [-0.15, -0.1) is 0 Å². The fourth-order valence-corrected chi connectivity index (χ4v) is 2.77. The van der Waals surface area contributed by atoms with E-state index in [-0.39, 0.29) is 0 Å². The van der Waals surface area contributed by atoms with Gasteiger partial charge in [0.15, 0.2) is 0 Å². The lowest BCUT2D eigenvalue weighted by molar-refractivity contribution is 0.0107. The molecule has 2 rings (SSSR count). The number of hydrogen-bond donors (Lipinski definition) is 2. The highest BCUT2D eigenvalue weighted by atomic mass is 16.5. The number of methoxy groups -OCH3 is 1. The number of nitrogens with zero attached hydrogens (tertiary/aromatic N) is 1. The fourth-order valence-electron chi connectivity index (χ4n) is 2.77. The SMILES string of the molecule is COc1cc(C)c(C)cc1C(C)(O)CN1CCNCC1. The Labute approximate surface area is 121 Å². The fraction of sp³-hybridized carbons (Fsp3) is 0.625. The molecule has 0 aromatic heterocycles. The molecule has 1 aliphatic heterocycles. The Morgan fingerprint density at radius 2 is 1.85 bits per heavy atom. The highest BCUT2D eigenvalue weighted by Crippen LogP contribution is 2.33. The summed E-state index contributed by atoms with van der Waals surface area (Å²) in [4.78, 5) is 2.30. The van der Waals surface area contributed by atoms with E-state index in [0.29, 0.717) is 6.54 Å². The predicted octanol–water partition coefficient (Wildman–Crippen LogP) is 1.42. The van der Waals surface area contributed by atoms with E-state index in [1.54, 1.807) is 7.11 Å². The van der Waals surface area contributed by atoms with E-state index in [1.165, 1.54) is 11.1 Å². The highest BCUT2D eigenvalue weighted by molar-refractivity contribution is 5.44. The lowest BCUT2D eigenvalue weighted by Crippen LogP contribution is -2.48. The van der Waals surface area contributed by atoms with Crippen molar-refractivity contribution in [1.29, 1.82) is 0 Å². The minimum atomic E-state index is -0.902. The van der Waals surface area contributed by atoms with Crippen LogP contribution in [0.5, 0.6) is 5.75 Å². The molecule has 0 radical (unpaired) electrons. The first-order valence-corrected chi connectivity index (χ1v) is 7.25. The highest BCUT2D eigenvalue weighted by Gasteiger charge is 2.30. The van der Waals surface area contributed by atoms with Crippen LogP contribution in [0, 0.1) is 13.8 Å². The second-order valence-electron chi connectivity index (χ2n) is 5.94. The van der Waals surface area contributed by atoms with Crippen LogP contribution in [-0.4, -0.2) is 49.8 Å². The van der Waals surface area contributed by atoms with E-state index in [2.05, 4.69) is 30.1 Å². The van der Waals surface area contributed by atoms with Crippen LogP contribution in [0.4, 0.5) is 0 Å². The Kier molecular flexibility index (Phi) is 4.68. The van der Waals surface area contributed by atoms with Crippen molar-refractivity contribution in [1.82, 2.24) is 10.2 Å². The van der Waals surface area contributed by atoms with Gasteiger partial charge in [0.2, 0.25) is 0 Å². The molecule has 20 heavy (non-hydrogen) atoms. The second-order valence-corrected chi connectivity index (χ2v) is 5.94. The summed E-state index contributed by atoms with van der Waals surface area (Å²) in [6, 6.07) is 4.06. The molecule has 0 aliphatic carbocycles. The molecule has 1 aromatic carbocycles. The van der Waals surface area contributed by atoms with Crippen LogP contribution in [-0.2, 0) is 5.60 Å². The van der Waals surface area contributed by atoms with E-state index in [9.17, 15) is 5.11 Å². The lowest BCUT2D eigenvalue weighted by atomic mass is 9.91. The molecule has 0 bridgehead atoms. The van der Waals surface area contributed by atoms with Crippen molar-refractivity contribution in [2.75, 3.05) is 39.8 Å². The number of benzene rings is 1. The molecule has 0 amide bonds. The monoisotopic (exact) mass is 278 g/mol. The van der Waals surface area contributed by atoms with Gasteiger partial charge >= 0.3 is 0 Å². The Bertz CT molecular complexity index is 466. The number of β-amino-alcohol motifs (C(OH)–C–C–N with tert-alkyl or cyclic N) is 1. The van der Waals surface area contributed by atoms with Crippen LogP contribution in [0.1, 0.15) is 23.6 Å². The molecule has 4 nitrogen and oxygen atoms in total. The van der Waals surface area contributed by atoms with E-state index < -0.39 is 5.60 Å². The maximum atomic E-state index is 10.9. The molecule has 1 aromatic rings. The van der Waals surface area contributed by atoms with Crippen molar-refractivity contribution < 1.29 is 9.84 Å². The summed E-state index contributed by atoms with van der Waals surface area (Å²) in [7, 11) is 1.66. The standard InChI is InChI=1S/C16H26N2O2/c1-12-9-14(15(20-4)10-13(12)2)16(3,19)11-18-7-5-17-6-8-18/h9-10,17,19H,5-8,11H2,1-4H3. The summed E-state index contributed by atoms with van der Waals surface area (Å²) >= 11 is 0. The zero-order valence-corrected chi connectivity index (χ0v) is 13.0. The van der Waals surface area contributed by atoms with Crippen LogP contribution in [0.25, 0.3) is 0 Å².